The lowest BCUT2D eigenvalue weighted by atomic mass is 10.0. The van der Waals surface area contributed by atoms with Gasteiger partial charge in [0.05, 0.1) is 0 Å². The number of hydrogen-bond acceptors (Lipinski definition) is 3. The van der Waals surface area contributed by atoms with Gasteiger partial charge in [0.1, 0.15) is 11.5 Å². The molecule has 0 aromatic heterocycles. The summed E-state index contributed by atoms with van der Waals surface area (Å²) >= 11 is 0. The molecule has 0 unspecified atom stereocenters. The summed E-state index contributed by atoms with van der Waals surface area (Å²) < 4.78 is 0. The number of phenols is 2. The third kappa shape index (κ3) is 3.76. The molecule has 0 heterocycles. The Morgan fingerprint density at radius 2 is 1.48 bits per heavy atom. The number of aryl methyl sites for hydroxylation is 3. The second kappa shape index (κ2) is 6.19. The van der Waals surface area contributed by atoms with Crippen LogP contribution in [-0.4, -0.2) is 22.2 Å². The summed E-state index contributed by atoms with van der Waals surface area (Å²) in [6.45, 7) is 7.24. The molecule has 0 aliphatic heterocycles. The maximum atomic E-state index is 10.2. The first-order valence-corrected chi connectivity index (χ1v) is 7.13. The van der Waals surface area contributed by atoms with Crippen LogP contribution in [0.15, 0.2) is 30.3 Å². The average molecular weight is 285 g/mol. The van der Waals surface area contributed by atoms with Gasteiger partial charge in [0, 0.05) is 24.2 Å². The fourth-order valence-electron chi connectivity index (χ4n) is 2.65. The summed E-state index contributed by atoms with van der Waals surface area (Å²) in [6.07, 6.45) is 0. The van der Waals surface area contributed by atoms with E-state index in [0.717, 1.165) is 27.8 Å². The van der Waals surface area contributed by atoms with E-state index in [0.29, 0.717) is 24.6 Å². The van der Waals surface area contributed by atoms with Crippen molar-refractivity contribution in [3.63, 3.8) is 0 Å². The molecule has 0 aliphatic rings. The Labute approximate surface area is 126 Å². The van der Waals surface area contributed by atoms with E-state index in [1.807, 2.05) is 52.1 Å². The van der Waals surface area contributed by atoms with Crippen molar-refractivity contribution < 1.29 is 10.2 Å². The molecule has 0 saturated carbocycles. The average Bonchev–Trinajstić information content (AvgIpc) is 2.39. The number of aromatic hydroxyl groups is 2. The van der Waals surface area contributed by atoms with E-state index in [1.165, 1.54) is 0 Å². The molecule has 112 valence electrons. The molecule has 2 aromatic carbocycles. The van der Waals surface area contributed by atoms with Crippen LogP contribution in [0.3, 0.4) is 0 Å². The summed E-state index contributed by atoms with van der Waals surface area (Å²) in [4.78, 5) is 2.09. The van der Waals surface area contributed by atoms with Gasteiger partial charge in [-0.1, -0.05) is 35.4 Å². The molecule has 0 spiro atoms. The highest BCUT2D eigenvalue weighted by molar-refractivity contribution is 5.42. The smallest absolute Gasteiger partial charge is 0.122 e. The van der Waals surface area contributed by atoms with Crippen molar-refractivity contribution in [2.75, 3.05) is 7.05 Å². The molecular formula is C18H23NO2. The zero-order chi connectivity index (χ0) is 15.6. The van der Waals surface area contributed by atoms with Gasteiger partial charge in [0.2, 0.25) is 0 Å². The van der Waals surface area contributed by atoms with E-state index >= 15 is 0 Å². The van der Waals surface area contributed by atoms with E-state index in [4.69, 9.17) is 0 Å². The van der Waals surface area contributed by atoms with Crippen LogP contribution in [-0.2, 0) is 13.1 Å². The highest BCUT2D eigenvalue weighted by atomic mass is 16.3. The van der Waals surface area contributed by atoms with Gasteiger partial charge in [0.15, 0.2) is 0 Å². The Bertz CT molecular complexity index is 650. The number of nitrogens with zero attached hydrogens (tertiary/aromatic N) is 1. The fraction of sp³-hybridized carbons (Fsp3) is 0.333. The van der Waals surface area contributed by atoms with Crippen molar-refractivity contribution in [3.05, 3.63) is 58.1 Å². The normalized spacial score (nSPS) is 11.1. The minimum atomic E-state index is 0.317. The van der Waals surface area contributed by atoms with Crippen LogP contribution >= 0.6 is 0 Å². The standard InChI is InChI=1S/C18H23NO2/c1-12-5-6-17(20)15(8-12)10-19(4)11-16-9-13(2)7-14(3)18(16)21/h5-9,20-21H,10-11H2,1-4H3. The van der Waals surface area contributed by atoms with Gasteiger partial charge in [-0.25, -0.2) is 0 Å². The molecule has 2 N–H and O–H groups in total. The molecule has 3 heteroatoms. The van der Waals surface area contributed by atoms with Crippen LogP contribution in [0.4, 0.5) is 0 Å². The van der Waals surface area contributed by atoms with Crippen molar-refractivity contribution in [1.82, 2.24) is 4.90 Å². The molecule has 21 heavy (non-hydrogen) atoms. The van der Waals surface area contributed by atoms with Crippen LogP contribution in [0.5, 0.6) is 11.5 Å². The van der Waals surface area contributed by atoms with Gasteiger partial charge in [0.25, 0.3) is 0 Å². The highest BCUT2D eigenvalue weighted by Crippen LogP contribution is 2.26. The number of hydrogen-bond donors (Lipinski definition) is 2. The Hall–Kier alpha value is -2.00. The first-order valence-electron chi connectivity index (χ1n) is 7.13. The molecule has 2 rings (SSSR count). The van der Waals surface area contributed by atoms with Crippen LogP contribution in [0.1, 0.15) is 27.8 Å². The largest absolute Gasteiger partial charge is 0.508 e. The van der Waals surface area contributed by atoms with Crippen LogP contribution in [0, 0.1) is 20.8 Å². The van der Waals surface area contributed by atoms with E-state index in [-0.39, 0.29) is 0 Å². The Morgan fingerprint density at radius 3 is 2.19 bits per heavy atom. The van der Waals surface area contributed by atoms with E-state index < -0.39 is 0 Å². The predicted octanol–water partition coefficient (Wildman–Crippen LogP) is 3.66. The van der Waals surface area contributed by atoms with Crippen LogP contribution in [0.25, 0.3) is 0 Å². The van der Waals surface area contributed by atoms with Crippen molar-refractivity contribution in [3.8, 4) is 11.5 Å². The van der Waals surface area contributed by atoms with Crippen molar-refractivity contribution >= 4 is 0 Å². The second-order valence-corrected chi connectivity index (χ2v) is 5.89. The molecule has 0 saturated heterocycles. The third-order valence-corrected chi connectivity index (χ3v) is 3.64. The summed E-state index contributed by atoms with van der Waals surface area (Å²) in [5.74, 6) is 0.679. The topological polar surface area (TPSA) is 43.7 Å². The number of rotatable bonds is 4. The minimum Gasteiger partial charge on any atom is -0.508 e. The molecule has 0 aliphatic carbocycles. The van der Waals surface area contributed by atoms with Gasteiger partial charge in [-0.15, -0.1) is 0 Å². The molecule has 3 nitrogen and oxygen atoms in total. The summed E-state index contributed by atoms with van der Waals surface area (Å²) in [5, 5.41) is 20.1. The lowest BCUT2D eigenvalue weighted by molar-refractivity contribution is 0.306. The maximum absolute atomic E-state index is 10.2. The quantitative estimate of drug-likeness (QED) is 0.901. The van der Waals surface area contributed by atoms with Crippen LogP contribution in [0.2, 0.25) is 0 Å². The summed E-state index contributed by atoms with van der Waals surface area (Å²) in [7, 11) is 1.98. The maximum Gasteiger partial charge on any atom is 0.122 e. The Kier molecular flexibility index (Phi) is 4.53. The zero-order valence-electron chi connectivity index (χ0n) is 13.1. The second-order valence-electron chi connectivity index (χ2n) is 5.89. The van der Waals surface area contributed by atoms with Gasteiger partial charge < -0.3 is 10.2 Å². The van der Waals surface area contributed by atoms with Gasteiger partial charge in [-0.3, -0.25) is 4.90 Å². The first-order chi connectivity index (χ1) is 9.86. The molecule has 0 amide bonds. The van der Waals surface area contributed by atoms with Crippen molar-refractivity contribution in [2.24, 2.45) is 0 Å². The first kappa shape index (κ1) is 15.4. The summed E-state index contributed by atoms with van der Waals surface area (Å²) in [6, 6.07) is 9.61. The monoisotopic (exact) mass is 285 g/mol. The molecule has 0 atom stereocenters. The predicted molar refractivity (Wildman–Crippen MR) is 85.6 cm³/mol. The lowest BCUT2D eigenvalue weighted by Crippen LogP contribution is -2.17. The Morgan fingerprint density at radius 1 is 0.857 bits per heavy atom. The molecule has 0 radical (unpaired) electrons. The van der Waals surface area contributed by atoms with Gasteiger partial charge >= 0.3 is 0 Å². The van der Waals surface area contributed by atoms with E-state index in [2.05, 4.69) is 4.90 Å². The molecular weight excluding hydrogens is 262 g/mol. The van der Waals surface area contributed by atoms with Gasteiger partial charge in [-0.2, -0.15) is 0 Å². The van der Waals surface area contributed by atoms with Crippen molar-refractivity contribution in [1.29, 1.82) is 0 Å². The SMILES string of the molecule is Cc1ccc(O)c(CN(C)Cc2cc(C)cc(C)c2O)c1. The van der Waals surface area contributed by atoms with Gasteiger partial charge in [-0.05, 0) is 39.4 Å². The van der Waals surface area contributed by atoms with Crippen LogP contribution < -0.4 is 0 Å². The third-order valence-electron chi connectivity index (χ3n) is 3.64. The lowest BCUT2D eigenvalue weighted by Gasteiger charge is -2.19. The molecule has 2 aromatic rings. The highest BCUT2D eigenvalue weighted by Gasteiger charge is 2.10. The summed E-state index contributed by atoms with van der Waals surface area (Å²) in [5.41, 5.74) is 5.00. The molecule has 0 fully saturated rings. The number of benzene rings is 2. The van der Waals surface area contributed by atoms with E-state index in [1.54, 1.807) is 6.07 Å². The number of phenolic OH excluding ortho intramolecular Hbond substituents is 2. The van der Waals surface area contributed by atoms with E-state index in [9.17, 15) is 10.2 Å². The van der Waals surface area contributed by atoms with Crippen molar-refractivity contribution in [2.45, 2.75) is 33.9 Å². The molecule has 0 bridgehead atoms. The Balaban J connectivity index is 2.15. The minimum absolute atomic E-state index is 0.317. The fourth-order valence-corrected chi connectivity index (χ4v) is 2.65. The zero-order valence-corrected chi connectivity index (χ0v) is 13.1.